The summed E-state index contributed by atoms with van der Waals surface area (Å²) < 4.78 is 0. The smallest absolute Gasteiger partial charge is 0.101 e. The van der Waals surface area contributed by atoms with Crippen molar-refractivity contribution in [3.8, 4) is 0 Å². The number of hydrogen-bond donors (Lipinski definition) is 0. The van der Waals surface area contributed by atoms with Crippen LogP contribution in [0, 0.1) is 0 Å². The SMILES string of the molecule is CN(C[Si](C)(C)c1ccccc1)c1ccccc1. The van der Waals surface area contributed by atoms with Gasteiger partial charge in [-0.1, -0.05) is 66.8 Å². The van der Waals surface area contributed by atoms with E-state index in [2.05, 4.69) is 85.7 Å². The van der Waals surface area contributed by atoms with Crippen molar-refractivity contribution < 1.29 is 0 Å². The van der Waals surface area contributed by atoms with Crippen LogP contribution in [0.25, 0.3) is 0 Å². The molecule has 0 spiro atoms. The summed E-state index contributed by atoms with van der Waals surface area (Å²) in [5, 5.41) is 1.52. The van der Waals surface area contributed by atoms with Gasteiger partial charge in [0.25, 0.3) is 0 Å². The summed E-state index contributed by atoms with van der Waals surface area (Å²) in [5.41, 5.74) is 1.30. The Hall–Kier alpha value is -1.54. The van der Waals surface area contributed by atoms with Crippen LogP contribution in [0.3, 0.4) is 0 Å². The number of rotatable bonds is 4. The zero-order valence-corrected chi connectivity index (χ0v) is 12.4. The van der Waals surface area contributed by atoms with E-state index in [1.165, 1.54) is 10.9 Å². The van der Waals surface area contributed by atoms with Crippen molar-refractivity contribution in [1.29, 1.82) is 0 Å². The van der Waals surface area contributed by atoms with E-state index < -0.39 is 8.07 Å². The first-order chi connectivity index (χ1) is 8.59. The summed E-state index contributed by atoms with van der Waals surface area (Å²) in [5.74, 6) is 0. The van der Waals surface area contributed by atoms with Crippen molar-refractivity contribution in [3.63, 3.8) is 0 Å². The molecule has 0 saturated carbocycles. The second-order valence-electron chi connectivity index (χ2n) is 5.44. The Kier molecular flexibility index (Phi) is 3.87. The van der Waals surface area contributed by atoms with Crippen LogP contribution in [0.2, 0.25) is 13.1 Å². The molecule has 0 saturated heterocycles. The molecule has 0 amide bonds. The lowest BCUT2D eigenvalue weighted by Crippen LogP contribution is -2.51. The molecule has 0 fully saturated rings. The maximum absolute atomic E-state index is 2.43. The molecular formula is C16H21NSi. The predicted molar refractivity (Wildman–Crippen MR) is 83.3 cm³/mol. The van der Waals surface area contributed by atoms with Crippen molar-refractivity contribution in [2.75, 3.05) is 18.1 Å². The molecule has 0 heterocycles. The molecule has 0 atom stereocenters. The number of hydrogen-bond acceptors (Lipinski definition) is 1. The topological polar surface area (TPSA) is 3.24 Å². The molecule has 0 aliphatic rings. The maximum Gasteiger partial charge on any atom is 0.101 e. The van der Waals surface area contributed by atoms with Gasteiger partial charge in [-0.2, -0.15) is 0 Å². The highest BCUT2D eigenvalue weighted by molar-refractivity contribution is 6.90. The quantitative estimate of drug-likeness (QED) is 0.758. The lowest BCUT2D eigenvalue weighted by molar-refractivity contribution is 1.06. The summed E-state index contributed by atoms with van der Waals surface area (Å²) in [6.45, 7) is 4.86. The lowest BCUT2D eigenvalue weighted by Gasteiger charge is -2.30. The zero-order valence-electron chi connectivity index (χ0n) is 11.4. The molecule has 94 valence electrons. The highest BCUT2D eigenvalue weighted by atomic mass is 28.3. The van der Waals surface area contributed by atoms with Crippen molar-refractivity contribution >= 4 is 18.9 Å². The van der Waals surface area contributed by atoms with Gasteiger partial charge in [-0.15, -0.1) is 0 Å². The Morgan fingerprint density at radius 2 is 1.33 bits per heavy atom. The standard InChI is InChI=1S/C16H21NSi/c1-17(15-10-6-4-7-11-15)14-18(2,3)16-12-8-5-9-13-16/h4-13H,14H2,1-3H3. The van der Waals surface area contributed by atoms with E-state index in [0.29, 0.717) is 0 Å². The van der Waals surface area contributed by atoms with Gasteiger partial charge in [0.05, 0.1) is 0 Å². The number of nitrogens with zero attached hydrogens (tertiary/aromatic N) is 1. The molecule has 2 aromatic carbocycles. The van der Waals surface area contributed by atoms with Gasteiger partial charge < -0.3 is 4.90 Å². The first kappa shape index (κ1) is 12.9. The molecule has 0 aliphatic heterocycles. The molecule has 2 rings (SSSR count). The second-order valence-corrected chi connectivity index (χ2v) is 10.1. The van der Waals surface area contributed by atoms with E-state index in [1.54, 1.807) is 0 Å². The highest BCUT2D eigenvalue weighted by Gasteiger charge is 2.25. The molecule has 0 aromatic heterocycles. The van der Waals surface area contributed by atoms with Crippen LogP contribution < -0.4 is 10.1 Å². The third kappa shape index (κ3) is 3.02. The van der Waals surface area contributed by atoms with Crippen LogP contribution in [-0.4, -0.2) is 21.3 Å². The predicted octanol–water partition coefficient (Wildman–Crippen LogP) is 3.28. The second kappa shape index (κ2) is 5.40. The third-order valence-corrected chi connectivity index (χ3v) is 6.55. The normalized spacial score (nSPS) is 11.3. The van der Waals surface area contributed by atoms with Crippen LogP contribution in [0.5, 0.6) is 0 Å². The fourth-order valence-electron chi connectivity index (χ4n) is 2.35. The Labute approximate surface area is 111 Å². The van der Waals surface area contributed by atoms with E-state index in [0.717, 1.165) is 6.17 Å². The first-order valence-electron chi connectivity index (χ1n) is 6.41. The van der Waals surface area contributed by atoms with E-state index in [4.69, 9.17) is 0 Å². The fourth-order valence-corrected chi connectivity index (χ4v) is 4.99. The minimum atomic E-state index is -1.40. The third-order valence-electron chi connectivity index (χ3n) is 3.38. The average Bonchev–Trinajstić information content (AvgIpc) is 2.40. The molecule has 2 heteroatoms. The Bertz CT molecular complexity index is 479. The molecule has 1 nitrogen and oxygen atoms in total. The number of benzene rings is 2. The summed E-state index contributed by atoms with van der Waals surface area (Å²) >= 11 is 0. The van der Waals surface area contributed by atoms with Crippen LogP contribution in [0.15, 0.2) is 60.7 Å². The van der Waals surface area contributed by atoms with Gasteiger partial charge in [0, 0.05) is 18.9 Å². The van der Waals surface area contributed by atoms with Gasteiger partial charge in [-0.05, 0) is 12.1 Å². The summed E-state index contributed by atoms with van der Waals surface area (Å²) in [6, 6.07) is 21.5. The van der Waals surface area contributed by atoms with E-state index in [-0.39, 0.29) is 0 Å². The Morgan fingerprint density at radius 1 is 0.833 bits per heavy atom. The van der Waals surface area contributed by atoms with E-state index in [9.17, 15) is 0 Å². The van der Waals surface area contributed by atoms with Gasteiger partial charge in [0.2, 0.25) is 0 Å². The van der Waals surface area contributed by atoms with Gasteiger partial charge in [0.1, 0.15) is 8.07 Å². The van der Waals surface area contributed by atoms with Crippen LogP contribution >= 0.6 is 0 Å². The van der Waals surface area contributed by atoms with Gasteiger partial charge in [0.15, 0.2) is 0 Å². The average molecular weight is 255 g/mol. The Morgan fingerprint density at radius 3 is 1.89 bits per heavy atom. The molecule has 2 aromatic rings. The van der Waals surface area contributed by atoms with Crippen LogP contribution in [0.4, 0.5) is 5.69 Å². The zero-order chi connectivity index (χ0) is 13.0. The fraction of sp³-hybridized carbons (Fsp3) is 0.250. The minimum absolute atomic E-state index is 1.14. The largest absolute Gasteiger partial charge is 0.377 e. The summed E-state index contributed by atoms with van der Waals surface area (Å²) in [6.07, 6.45) is 1.14. The van der Waals surface area contributed by atoms with E-state index >= 15 is 0 Å². The monoisotopic (exact) mass is 255 g/mol. The van der Waals surface area contributed by atoms with Gasteiger partial charge >= 0.3 is 0 Å². The molecule has 0 radical (unpaired) electrons. The molecule has 0 bridgehead atoms. The van der Waals surface area contributed by atoms with E-state index in [1.807, 2.05) is 0 Å². The molecular weight excluding hydrogens is 234 g/mol. The minimum Gasteiger partial charge on any atom is -0.377 e. The van der Waals surface area contributed by atoms with Gasteiger partial charge in [-0.25, -0.2) is 0 Å². The van der Waals surface area contributed by atoms with Crippen molar-refractivity contribution in [1.82, 2.24) is 0 Å². The van der Waals surface area contributed by atoms with Crippen LogP contribution in [-0.2, 0) is 0 Å². The first-order valence-corrected chi connectivity index (χ1v) is 9.62. The summed E-state index contributed by atoms with van der Waals surface area (Å²) in [7, 11) is 0.788. The van der Waals surface area contributed by atoms with Gasteiger partial charge in [-0.3, -0.25) is 0 Å². The Balaban J connectivity index is 2.14. The highest BCUT2D eigenvalue weighted by Crippen LogP contribution is 2.14. The number of anilines is 1. The van der Waals surface area contributed by atoms with Crippen LogP contribution in [0.1, 0.15) is 0 Å². The van der Waals surface area contributed by atoms with Crippen molar-refractivity contribution in [3.05, 3.63) is 60.7 Å². The molecule has 0 N–H and O–H groups in total. The summed E-state index contributed by atoms with van der Waals surface area (Å²) in [4.78, 5) is 2.37. The lowest BCUT2D eigenvalue weighted by atomic mass is 10.3. The molecule has 0 unspecified atom stereocenters. The number of para-hydroxylation sites is 1. The molecule has 18 heavy (non-hydrogen) atoms. The molecule has 0 aliphatic carbocycles. The maximum atomic E-state index is 2.43. The van der Waals surface area contributed by atoms with Crippen molar-refractivity contribution in [2.45, 2.75) is 13.1 Å². The van der Waals surface area contributed by atoms with Crippen molar-refractivity contribution in [2.24, 2.45) is 0 Å².